The smallest absolute Gasteiger partial charge is 0.304 e. The van der Waals surface area contributed by atoms with Gasteiger partial charge in [0.2, 0.25) is 0 Å². The lowest BCUT2D eigenvalue weighted by molar-refractivity contribution is 0.407. The summed E-state index contributed by atoms with van der Waals surface area (Å²) < 4.78 is 5.41. The molecule has 0 aliphatic rings. The molecule has 0 radical (unpaired) electrons. The highest BCUT2D eigenvalue weighted by molar-refractivity contribution is 7.07. The van der Waals surface area contributed by atoms with Gasteiger partial charge in [-0.1, -0.05) is 25.2 Å². The van der Waals surface area contributed by atoms with Crippen LogP contribution in [0.3, 0.4) is 0 Å². The van der Waals surface area contributed by atoms with Crippen LogP contribution < -0.4 is 9.61 Å². The molecule has 0 saturated carbocycles. The monoisotopic (exact) mass is 263 g/mol. The summed E-state index contributed by atoms with van der Waals surface area (Å²) in [5.41, 5.74) is 4.21. The van der Waals surface area contributed by atoms with Gasteiger partial charge in [0.05, 0.1) is 12.8 Å². The minimum Gasteiger partial charge on any atom is -0.496 e. The van der Waals surface area contributed by atoms with Crippen LogP contribution in [0.2, 0.25) is 0 Å². The predicted octanol–water partition coefficient (Wildman–Crippen LogP) is 3.54. The van der Waals surface area contributed by atoms with Crippen LogP contribution in [-0.4, -0.2) is 12.1 Å². The molecule has 0 saturated heterocycles. The van der Waals surface area contributed by atoms with E-state index >= 15 is 0 Å². The van der Waals surface area contributed by atoms with Gasteiger partial charge in [-0.3, -0.25) is 4.79 Å². The quantitative estimate of drug-likeness (QED) is 0.920. The average Bonchev–Trinajstić information content (AvgIpc) is 2.74. The Morgan fingerprint density at radius 2 is 2.06 bits per heavy atom. The lowest BCUT2D eigenvalue weighted by atomic mass is 9.95. The molecule has 1 aromatic heterocycles. The molecule has 0 spiro atoms. The van der Waals surface area contributed by atoms with E-state index in [4.69, 9.17) is 4.74 Å². The van der Waals surface area contributed by atoms with Gasteiger partial charge in [0.25, 0.3) is 0 Å². The highest BCUT2D eigenvalue weighted by Crippen LogP contribution is 2.33. The molecule has 1 aromatic carbocycles. The van der Waals surface area contributed by atoms with Crippen LogP contribution in [0, 0.1) is 6.92 Å². The van der Waals surface area contributed by atoms with Gasteiger partial charge < -0.3 is 9.72 Å². The van der Waals surface area contributed by atoms with Crippen LogP contribution in [0.15, 0.2) is 22.3 Å². The highest BCUT2D eigenvalue weighted by Gasteiger charge is 2.13. The second-order valence-electron chi connectivity index (χ2n) is 4.63. The topological polar surface area (TPSA) is 42.1 Å². The second kappa shape index (κ2) is 4.98. The number of benzene rings is 1. The van der Waals surface area contributed by atoms with E-state index in [9.17, 15) is 4.79 Å². The van der Waals surface area contributed by atoms with Crippen molar-refractivity contribution >= 4 is 11.3 Å². The number of hydrogen-bond acceptors (Lipinski definition) is 3. The number of ether oxygens (including phenoxy) is 1. The summed E-state index contributed by atoms with van der Waals surface area (Å²) in [5, 5.41) is 1.86. The number of rotatable bonds is 3. The number of nitrogens with one attached hydrogen (secondary N) is 1. The van der Waals surface area contributed by atoms with Gasteiger partial charge in [-0.05, 0) is 36.1 Å². The third-order valence-electron chi connectivity index (χ3n) is 3.01. The highest BCUT2D eigenvalue weighted by atomic mass is 32.1. The minimum atomic E-state index is -0.0219. The molecule has 0 aliphatic heterocycles. The van der Waals surface area contributed by atoms with Gasteiger partial charge in [-0.2, -0.15) is 0 Å². The van der Waals surface area contributed by atoms with E-state index in [1.54, 1.807) is 7.11 Å². The van der Waals surface area contributed by atoms with Crippen LogP contribution in [0.4, 0.5) is 0 Å². The maximum absolute atomic E-state index is 11.3. The molecule has 4 heteroatoms. The molecule has 18 heavy (non-hydrogen) atoms. The molecule has 0 fully saturated rings. The van der Waals surface area contributed by atoms with Gasteiger partial charge in [-0.15, -0.1) is 0 Å². The molecule has 1 heterocycles. The molecule has 1 N–H and O–H groups in total. The molecule has 0 atom stereocenters. The largest absolute Gasteiger partial charge is 0.496 e. The van der Waals surface area contributed by atoms with Gasteiger partial charge in [0.1, 0.15) is 5.75 Å². The Morgan fingerprint density at radius 3 is 2.56 bits per heavy atom. The first-order valence-corrected chi connectivity index (χ1v) is 6.77. The summed E-state index contributed by atoms with van der Waals surface area (Å²) in [6.45, 7) is 6.29. The average molecular weight is 263 g/mol. The first-order valence-electron chi connectivity index (χ1n) is 5.89. The van der Waals surface area contributed by atoms with Gasteiger partial charge >= 0.3 is 4.87 Å². The number of aromatic nitrogens is 1. The van der Waals surface area contributed by atoms with E-state index in [1.807, 2.05) is 18.4 Å². The fourth-order valence-electron chi connectivity index (χ4n) is 2.03. The van der Waals surface area contributed by atoms with Gasteiger partial charge in [0, 0.05) is 10.9 Å². The molecule has 0 amide bonds. The third kappa shape index (κ3) is 2.34. The Hall–Kier alpha value is -1.55. The second-order valence-corrected chi connectivity index (χ2v) is 5.47. The molecular weight excluding hydrogens is 246 g/mol. The van der Waals surface area contributed by atoms with E-state index in [0.29, 0.717) is 5.92 Å². The Morgan fingerprint density at radius 1 is 1.33 bits per heavy atom. The van der Waals surface area contributed by atoms with E-state index in [2.05, 4.69) is 24.9 Å². The first kappa shape index (κ1) is 12.9. The molecular formula is C14H17NO2S. The molecule has 0 unspecified atom stereocenters. The van der Waals surface area contributed by atoms with Crippen molar-refractivity contribution in [1.82, 2.24) is 4.98 Å². The van der Waals surface area contributed by atoms with E-state index in [1.165, 1.54) is 11.3 Å². The van der Waals surface area contributed by atoms with Crippen molar-refractivity contribution in [2.24, 2.45) is 0 Å². The normalized spacial score (nSPS) is 10.9. The number of thiazole rings is 1. The number of hydrogen-bond donors (Lipinski definition) is 1. The fourth-order valence-corrected chi connectivity index (χ4v) is 2.61. The summed E-state index contributed by atoms with van der Waals surface area (Å²) in [6, 6.07) is 4.14. The van der Waals surface area contributed by atoms with Crippen LogP contribution in [-0.2, 0) is 0 Å². The SMILES string of the molecule is COc1cc(C)c(-c2csc(=O)[nH]2)cc1C(C)C. The summed E-state index contributed by atoms with van der Waals surface area (Å²) in [7, 11) is 1.69. The van der Waals surface area contributed by atoms with E-state index in [-0.39, 0.29) is 4.87 Å². The summed E-state index contributed by atoms with van der Waals surface area (Å²) in [5.74, 6) is 1.29. The van der Waals surface area contributed by atoms with Crippen LogP contribution in [0.25, 0.3) is 11.3 Å². The number of aromatic amines is 1. The van der Waals surface area contributed by atoms with Crippen LogP contribution >= 0.6 is 11.3 Å². The zero-order chi connectivity index (χ0) is 13.3. The Balaban J connectivity index is 2.61. The van der Waals surface area contributed by atoms with E-state index in [0.717, 1.165) is 28.1 Å². The number of H-pyrrole nitrogens is 1. The minimum absolute atomic E-state index is 0.0219. The maximum atomic E-state index is 11.3. The van der Waals surface area contributed by atoms with Crippen molar-refractivity contribution in [2.45, 2.75) is 26.7 Å². The Bertz CT molecular complexity index is 610. The first-order chi connectivity index (χ1) is 8.52. The lowest BCUT2D eigenvalue weighted by Gasteiger charge is -2.15. The van der Waals surface area contributed by atoms with Crippen molar-refractivity contribution in [3.63, 3.8) is 0 Å². The summed E-state index contributed by atoms with van der Waals surface area (Å²) in [4.78, 5) is 14.1. The molecule has 2 aromatic rings. The zero-order valence-electron chi connectivity index (χ0n) is 11.0. The van der Waals surface area contributed by atoms with Crippen molar-refractivity contribution in [3.05, 3.63) is 38.3 Å². The van der Waals surface area contributed by atoms with Crippen molar-refractivity contribution < 1.29 is 4.74 Å². The Labute approximate surface area is 110 Å². The molecule has 0 aliphatic carbocycles. The number of methoxy groups -OCH3 is 1. The van der Waals surface area contributed by atoms with Crippen LogP contribution in [0.5, 0.6) is 5.75 Å². The number of aryl methyl sites for hydroxylation is 1. The van der Waals surface area contributed by atoms with Crippen molar-refractivity contribution in [2.75, 3.05) is 7.11 Å². The van der Waals surface area contributed by atoms with Crippen molar-refractivity contribution in [1.29, 1.82) is 0 Å². The Kier molecular flexibility index (Phi) is 3.57. The van der Waals surface area contributed by atoms with Gasteiger partial charge in [0.15, 0.2) is 0 Å². The molecule has 0 bridgehead atoms. The summed E-state index contributed by atoms with van der Waals surface area (Å²) in [6.07, 6.45) is 0. The lowest BCUT2D eigenvalue weighted by Crippen LogP contribution is -1.98. The van der Waals surface area contributed by atoms with Crippen molar-refractivity contribution in [3.8, 4) is 17.0 Å². The maximum Gasteiger partial charge on any atom is 0.304 e. The zero-order valence-corrected chi connectivity index (χ0v) is 11.9. The predicted molar refractivity (Wildman–Crippen MR) is 75.8 cm³/mol. The van der Waals surface area contributed by atoms with Crippen LogP contribution in [0.1, 0.15) is 30.9 Å². The molecule has 2 rings (SSSR count). The standard InChI is InChI=1S/C14H17NO2S/c1-8(2)10-6-11(9(3)5-13(10)17-4)12-7-18-14(16)15-12/h5-8H,1-4H3,(H,15,16). The van der Waals surface area contributed by atoms with E-state index < -0.39 is 0 Å². The molecule has 3 nitrogen and oxygen atoms in total. The molecule has 96 valence electrons. The van der Waals surface area contributed by atoms with Gasteiger partial charge in [-0.25, -0.2) is 0 Å². The third-order valence-corrected chi connectivity index (χ3v) is 3.68. The fraction of sp³-hybridized carbons (Fsp3) is 0.357. The summed E-state index contributed by atoms with van der Waals surface area (Å²) >= 11 is 1.19.